The summed E-state index contributed by atoms with van der Waals surface area (Å²) in [6, 6.07) is 25.9. The van der Waals surface area contributed by atoms with Gasteiger partial charge in [0.15, 0.2) is 0 Å². The van der Waals surface area contributed by atoms with Crippen molar-refractivity contribution >= 4 is 35.0 Å². The van der Waals surface area contributed by atoms with Gasteiger partial charge in [-0.1, -0.05) is 54.6 Å². The molecule has 4 rings (SSSR count). The largest absolute Gasteiger partial charge is 0.325 e. The van der Waals surface area contributed by atoms with Crippen LogP contribution in [0.5, 0.6) is 0 Å². The number of nitrogens with zero attached hydrogens (tertiary/aromatic N) is 2. The van der Waals surface area contributed by atoms with Crippen molar-refractivity contribution in [2.24, 2.45) is 7.05 Å². The number of aromatic nitrogens is 2. The van der Waals surface area contributed by atoms with E-state index in [1.807, 2.05) is 60.7 Å². The third-order valence-electron chi connectivity index (χ3n) is 5.55. The number of rotatable bonds is 8. The number of benzene rings is 3. The van der Waals surface area contributed by atoms with Gasteiger partial charge in [0.05, 0.1) is 17.1 Å². The lowest BCUT2D eigenvalue weighted by Gasteiger charge is -2.08. The summed E-state index contributed by atoms with van der Waals surface area (Å²) in [5, 5.41) is 5.58. The molecule has 1 heterocycles. The minimum Gasteiger partial charge on any atom is -0.325 e. The second-order valence-electron chi connectivity index (χ2n) is 8.00. The quantitative estimate of drug-likeness (QED) is 0.381. The molecular weight excluding hydrogens is 460 g/mol. The molecule has 0 saturated heterocycles. The molecule has 0 aliphatic heterocycles. The van der Waals surface area contributed by atoms with Crippen LogP contribution in [0.3, 0.4) is 0 Å². The molecule has 0 radical (unpaired) electrons. The molecule has 7 nitrogen and oxygen atoms in total. The van der Waals surface area contributed by atoms with E-state index in [9.17, 15) is 14.4 Å². The van der Waals surface area contributed by atoms with Crippen molar-refractivity contribution in [3.63, 3.8) is 0 Å². The third kappa shape index (κ3) is 5.73. The molecule has 0 fully saturated rings. The van der Waals surface area contributed by atoms with Crippen molar-refractivity contribution in [2.75, 3.05) is 16.4 Å². The highest BCUT2D eigenvalue weighted by molar-refractivity contribution is 7.99. The van der Waals surface area contributed by atoms with Crippen molar-refractivity contribution in [3.8, 4) is 5.69 Å². The van der Waals surface area contributed by atoms with Gasteiger partial charge in [0.1, 0.15) is 5.69 Å². The molecule has 8 heteroatoms. The number of thioether (sulfide) groups is 1. The van der Waals surface area contributed by atoms with Crippen LogP contribution in [-0.2, 0) is 17.6 Å². The van der Waals surface area contributed by atoms with Crippen LogP contribution in [0.15, 0.2) is 89.7 Å². The number of carbonyl (C=O) groups excluding carboxylic acids is 2. The Kier molecular flexibility index (Phi) is 7.52. The molecule has 0 aliphatic carbocycles. The highest BCUT2D eigenvalue weighted by Crippen LogP contribution is 2.18. The van der Waals surface area contributed by atoms with E-state index in [2.05, 4.69) is 10.6 Å². The predicted molar refractivity (Wildman–Crippen MR) is 141 cm³/mol. The summed E-state index contributed by atoms with van der Waals surface area (Å²) in [6.45, 7) is 1.78. The number of hydrogen-bond acceptors (Lipinski definition) is 4. The third-order valence-corrected chi connectivity index (χ3v) is 6.55. The van der Waals surface area contributed by atoms with Gasteiger partial charge in [0, 0.05) is 24.1 Å². The first-order chi connectivity index (χ1) is 16.9. The van der Waals surface area contributed by atoms with Gasteiger partial charge < -0.3 is 10.6 Å². The van der Waals surface area contributed by atoms with Gasteiger partial charge in [-0.2, -0.15) is 0 Å². The monoisotopic (exact) mass is 486 g/mol. The van der Waals surface area contributed by atoms with Crippen LogP contribution in [-0.4, -0.2) is 26.9 Å². The van der Waals surface area contributed by atoms with Crippen LogP contribution in [0.2, 0.25) is 0 Å². The molecule has 0 saturated carbocycles. The van der Waals surface area contributed by atoms with E-state index in [1.54, 1.807) is 42.9 Å². The summed E-state index contributed by atoms with van der Waals surface area (Å²) in [5.41, 5.74) is 3.26. The normalized spacial score (nSPS) is 10.7. The Morgan fingerprint density at radius 2 is 1.57 bits per heavy atom. The zero-order valence-corrected chi connectivity index (χ0v) is 20.3. The average Bonchev–Trinajstić information content (AvgIpc) is 3.08. The number of hydrogen-bond donors (Lipinski definition) is 2. The maximum absolute atomic E-state index is 13.1. The van der Waals surface area contributed by atoms with E-state index in [1.165, 1.54) is 16.4 Å². The second-order valence-corrected chi connectivity index (χ2v) is 8.98. The Balaban J connectivity index is 1.42. The lowest BCUT2D eigenvalue weighted by molar-refractivity contribution is -0.113. The van der Waals surface area contributed by atoms with Crippen LogP contribution in [0.1, 0.15) is 21.6 Å². The molecule has 35 heavy (non-hydrogen) atoms. The van der Waals surface area contributed by atoms with Crippen LogP contribution in [0.25, 0.3) is 5.69 Å². The van der Waals surface area contributed by atoms with Gasteiger partial charge in [0.25, 0.3) is 11.5 Å². The van der Waals surface area contributed by atoms with Crippen molar-refractivity contribution < 1.29 is 9.59 Å². The molecule has 0 spiro atoms. The summed E-state index contributed by atoms with van der Waals surface area (Å²) in [4.78, 5) is 38.4. The van der Waals surface area contributed by atoms with Gasteiger partial charge in [-0.05, 0) is 42.8 Å². The summed E-state index contributed by atoms with van der Waals surface area (Å²) in [7, 11) is 1.77. The Bertz CT molecular complexity index is 1400. The summed E-state index contributed by atoms with van der Waals surface area (Å²) in [6.07, 6.45) is 0. The number of nitrogens with one attached hydrogen (secondary N) is 2. The van der Waals surface area contributed by atoms with Gasteiger partial charge in [-0.3, -0.25) is 19.1 Å². The fourth-order valence-electron chi connectivity index (χ4n) is 3.67. The maximum Gasteiger partial charge on any atom is 0.295 e. The SMILES string of the molecule is Cc1c(NC(=O)c2cccc(NC(=O)CSCc3ccccc3)c2)c(=O)n(-c2ccccc2)n1C. The van der Waals surface area contributed by atoms with Gasteiger partial charge >= 0.3 is 0 Å². The topological polar surface area (TPSA) is 85.1 Å². The standard InChI is InChI=1S/C27H26N4O3S/c1-19-25(27(34)31(30(19)2)23-14-7-4-8-15-23)29-26(33)21-12-9-13-22(16-21)28-24(32)18-35-17-20-10-5-3-6-11-20/h3-16H,17-18H2,1-2H3,(H,28,32)(H,29,33). The van der Waals surface area contributed by atoms with Crippen molar-refractivity contribution in [2.45, 2.75) is 12.7 Å². The van der Waals surface area contributed by atoms with E-state index in [-0.39, 0.29) is 17.2 Å². The highest BCUT2D eigenvalue weighted by Gasteiger charge is 2.19. The molecular formula is C27H26N4O3S. The minimum absolute atomic E-state index is 0.145. The Morgan fingerprint density at radius 3 is 2.29 bits per heavy atom. The number of carbonyl (C=O) groups is 2. The first kappa shape index (κ1) is 24.1. The first-order valence-electron chi connectivity index (χ1n) is 11.1. The molecule has 1 aromatic heterocycles. The van der Waals surface area contributed by atoms with E-state index in [4.69, 9.17) is 0 Å². The van der Waals surface area contributed by atoms with E-state index in [0.29, 0.717) is 28.4 Å². The molecule has 0 unspecified atom stereocenters. The number of para-hydroxylation sites is 1. The van der Waals surface area contributed by atoms with Crippen LogP contribution in [0.4, 0.5) is 11.4 Å². The lowest BCUT2D eigenvalue weighted by Crippen LogP contribution is -2.23. The van der Waals surface area contributed by atoms with Crippen LogP contribution >= 0.6 is 11.8 Å². The van der Waals surface area contributed by atoms with Gasteiger partial charge in [-0.25, -0.2) is 4.68 Å². The zero-order chi connectivity index (χ0) is 24.8. The smallest absolute Gasteiger partial charge is 0.295 e. The molecule has 0 atom stereocenters. The average molecular weight is 487 g/mol. The molecule has 0 bridgehead atoms. The fraction of sp³-hybridized carbons (Fsp3) is 0.148. The van der Waals surface area contributed by atoms with E-state index >= 15 is 0 Å². The molecule has 4 aromatic rings. The zero-order valence-electron chi connectivity index (χ0n) is 19.5. The van der Waals surface area contributed by atoms with Gasteiger partial charge in [0.2, 0.25) is 5.91 Å². The summed E-state index contributed by atoms with van der Waals surface area (Å²) >= 11 is 1.52. The van der Waals surface area contributed by atoms with Crippen molar-refractivity contribution in [3.05, 3.63) is 112 Å². The Morgan fingerprint density at radius 1 is 0.886 bits per heavy atom. The molecule has 2 amide bonds. The first-order valence-corrected chi connectivity index (χ1v) is 12.3. The highest BCUT2D eigenvalue weighted by atomic mass is 32.2. The minimum atomic E-state index is -0.425. The molecule has 3 aromatic carbocycles. The van der Waals surface area contributed by atoms with Crippen LogP contribution < -0.4 is 16.2 Å². The number of amides is 2. The van der Waals surface area contributed by atoms with E-state index < -0.39 is 5.91 Å². The molecule has 0 aliphatic rings. The van der Waals surface area contributed by atoms with Gasteiger partial charge in [-0.15, -0.1) is 11.8 Å². The number of anilines is 2. The van der Waals surface area contributed by atoms with Crippen molar-refractivity contribution in [1.82, 2.24) is 9.36 Å². The maximum atomic E-state index is 13.1. The lowest BCUT2D eigenvalue weighted by atomic mass is 10.2. The second kappa shape index (κ2) is 10.9. The molecule has 178 valence electrons. The van der Waals surface area contributed by atoms with E-state index in [0.717, 1.165) is 11.3 Å². The predicted octanol–water partition coefficient (Wildman–Crippen LogP) is 4.61. The van der Waals surface area contributed by atoms with Crippen molar-refractivity contribution in [1.29, 1.82) is 0 Å². The molecule has 2 N–H and O–H groups in total. The van der Waals surface area contributed by atoms with Crippen LogP contribution in [0, 0.1) is 6.92 Å². The Labute approximate surface area is 207 Å². The summed E-state index contributed by atoms with van der Waals surface area (Å²) in [5.74, 6) is 0.472. The summed E-state index contributed by atoms with van der Waals surface area (Å²) < 4.78 is 3.21. The Hall–Kier alpha value is -4.04. The fourth-order valence-corrected chi connectivity index (χ4v) is 4.46.